The molecule has 0 saturated carbocycles. The molecular weight excluding hydrogens is 456 g/mol. The second kappa shape index (κ2) is 9.22. The third kappa shape index (κ3) is 4.09. The van der Waals surface area contributed by atoms with Gasteiger partial charge in [0.15, 0.2) is 6.10 Å². The molecule has 3 aromatic rings. The Morgan fingerprint density at radius 1 is 1.15 bits per heavy atom. The molecule has 0 aliphatic carbocycles. The van der Waals surface area contributed by atoms with Crippen LogP contribution in [0.1, 0.15) is 17.0 Å². The van der Waals surface area contributed by atoms with Crippen LogP contribution in [0.3, 0.4) is 0 Å². The summed E-state index contributed by atoms with van der Waals surface area (Å²) < 4.78 is 13.1. The lowest BCUT2D eigenvalue weighted by molar-refractivity contribution is -0.142. The fourth-order valence-corrected chi connectivity index (χ4v) is 4.70. The third-order valence-electron chi connectivity index (χ3n) is 6.21. The number of amides is 2. The minimum Gasteiger partial charge on any atom is -0.476 e. The fourth-order valence-electron chi connectivity index (χ4n) is 4.37. The predicted octanol–water partition coefficient (Wildman–Crippen LogP) is 1.66. The van der Waals surface area contributed by atoms with Gasteiger partial charge >= 0.3 is 0 Å². The number of aromatic nitrogens is 4. The summed E-state index contributed by atoms with van der Waals surface area (Å²) in [5.74, 6) is 0.784. The molecule has 5 rings (SSSR count). The largest absolute Gasteiger partial charge is 0.476 e. The zero-order chi connectivity index (χ0) is 23.8. The Kier molecular flexibility index (Phi) is 6.13. The molecule has 4 heterocycles. The number of ether oxygens (including phenoxy) is 2. The van der Waals surface area contributed by atoms with Crippen molar-refractivity contribution in [1.82, 2.24) is 24.5 Å². The number of fused-ring (bicyclic) bond motifs is 2. The second-order valence-corrected chi connectivity index (χ2v) is 9.04. The van der Waals surface area contributed by atoms with Gasteiger partial charge in [-0.05, 0) is 32.2 Å². The SMILES string of the molecule is CSc1nc2nc(C)c(CC(=O)N3CC(C(=O)N4CCOCC4)Oc4ccccc43)c(C)n2n1. The quantitative estimate of drug-likeness (QED) is 0.518. The van der Waals surface area contributed by atoms with E-state index in [1.807, 2.05) is 38.3 Å². The average Bonchev–Trinajstić information content (AvgIpc) is 3.29. The van der Waals surface area contributed by atoms with E-state index < -0.39 is 6.10 Å². The average molecular weight is 483 g/mol. The molecule has 2 amide bonds. The molecule has 11 heteroatoms. The molecule has 2 aromatic heterocycles. The van der Waals surface area contributed by atoms with Crippen LogP contribution < -0.4 is 9.64 Å². The molecular formula is C23H26N6O4S. The van der Waals surface area contributed by atoms with E-state index in [1.165, 1.54) is 11.8 Å². The molecule has 0 spiro atoms. The van der Waals surface area contributed by atoms with E-state index in [2.05, 4.69) is 15.1 Å². The van der Waals surface area contributed by atoms with Crippen molar-refractivity contribution in [2.24, 2.45) is 0 Å². The van der Waals surface area contributed by atoms with Gasteiger partial charge in [-0.15, -0.1) is 5.10 Å². The first kappa shape index (κ1) is 22.6. The lowest BCUT2D eigenvalue weighted by Gasteiger charge is -2.37. The number of hydrogen-bond acceptors (Lipinski definition) is 8. The zero-order valence-electron chi connectivity index (χ0n) is 19.4. The molecule has 1 fully saturated rings. The molecule has 0 radical (unpaired) electrons. The highest BCUT2D eigenvalue weighted by molar-refractivity contribution is 7.98. The van der Waals surface area contributed by atoms with Gasteiger partial charge in [0, 0.05) is 30.0 Å². The van der Waals surface area contributed by atoms with Gasteiger partial charge in [-0.2, -0.15) is 4.98 Å². The van der Waals surface area contributed by atoms with Crippen LogP contribution in [-0.4, -0.2) is 81.5 Å². The summed E-state index contributed by atoms with van der Waals surface area (Å²) in [4.78, 5) is 39.1. The number of rotatable bonds is 4. The number of hydrogen-bond donors (Lipinski definition) is 0. The van der Waals surface area contributed by atoms with Gasteiger partial charge in [-0.3, -0.25) is 9.59 Å². The molecule has 1 atom stereocenters. The van der Waals surface area contributed by atoms with Gasteiger partial charge in [0.1, 0.15) is 5.75 Å². The van der Waals surface area contributed by atoms with Crippen LogP contribution in [0.4, 0.5) is 5.69 Å². The highest BCUT2D eigenvalue weighted by Crippen LogP contribution is 2.34. The van der Waals surface area contributed by atoms with E-state index >= 15 is 0 Å². The monoisotopic (exact) mass is 482 g/mol. The Morgan fingerprint density at radius 2 is 1.91 bits per heavy atom. The van der Waals surface area contributed by atoms with Gasteiger partial charge in [-0.1, -0.05) is 23.9 Å². The van der Waals surface area contributed by atoms with E-state index in [-0.39, 0.29) is 24.8 Å². The number of anilines is 1. The minimum atomic E-state index is -0.765. The number of thioether (sulfide) groups is 1. The summed E-state index contributed by atoms with van der Waals surface area (Å²) in [6.07, 6.45) is 1.27. The van der Waals surface area contributed by atoms with Crippen LogP contribution in [0.15, 0.2) is 29.4 Å². The molecule has 0 bridgehead atoms. The number of nitrogens with zero attached hydrogens (tertiary/aromatic N) is 6. The van der Waals surface area contributed by atoms with Crippen molar-refractivity contribution >= 4 is 35.0 Å². The van der Waals surface area contributed by atoms with Crippen LogP contribution in [0, 0.1) is 13.8 Å². The smallest absolute Gasteiger partial charge is 0.265 e. The number of morpholine rings is 1. The van der Waals surface area contributed by atoms with Crippen molar-refractivity contribution in [3.05, 3.63) is 41.2 Å². The van der Waals surface area contributed by atoms with E-state index in [9.17, 15) is 9.59 Å². The van der Waals surface area contributed by atoms with Crippen LogP contribution in [-0.2, 0) is 20.7 Å². The molecule has 2 aliphatic rings. The summed E-state index contributed by atoms with van der Waals surface area (Å²) in [5.41, 5.74) is 3.02. The Balaban J connectivity index is 1.44. The molecule has 0 N–H and O–H groups in total. The van der Waals surface area contributed by atoms with Gasteiger partial charge in [0.05, 0.1) is 31.9 Å². The zero-order valence-corrected chi connectivity index (χ0v) is 20.2. The van der Waals surface area contributed by atoms with Gasteiger partial charge in [0.2, 0.25) is 11.1 Å². The maximum atomic E-state index is 13.6. The number of benzene rings is 1. The van der Waals surface area contributed by atoms with Gasteiger partial charge in [0.25, 0.3) is 11.7 Å². The fraction of sp³-hybridized carbons (Fsp3) is 0.435. The number of carbonyl (C=O) groups is 2. The first-order valence-electron chi connectivity index (χ1n) is 11.2. The van der Waals surface area contributed by atoms with Crippen LogP contribution in [0.5, 0.6) is 5.75 Å². The summed E-state index contributed by atoms with van der Waals surface area (Å²) in [6.45, 7) is 6.00. The van der Waals surface area contributed by atoms with Crippen molar-refractivity contribution in [2.45, 2.75) is 31.5 Å². The molecule has 178 valence electrons. The Hall–Kier alpha value is -3.18. The maximum absolute atomic E-state index is 13.6. The minimum absolute atomic E-state index is 0.127. The lowest BCUT2D eigenvalue weighted by atomic mass is 10.1. The Labute approximate surface area is 201 Å². The summed E-state index contributed by atoms with van der Waals surface area (Å²) in [6, 6.07) is 7.32. The van der Waals surface area contributed by atoms with Crippen LogP contribution >= 0.6 is 11.8 Å². The molecule has 1 unspecified atom stereocenters. The predicted molar refractivity (Wildman–Crippen MR) is 126 cm³/mol. The first-order valence-corrected chi connectivity index (χ1v) is 12.4. The highest BCUT2D eigenvalue weighted by atomic mass is 32.2. The molecule has 34 heavy (non-hydrogen) atoms. The Morgan fingerprint density at radius 3 is 2.68 bits per heavy atom. The summed E-state index contributed by atoms with van der Waals surface area (Å²) >= 11 is 1.44. The number of carbonyl (C=O) groups excluding carboxylic acids is 2. The second-order valence-electron chi connectivity index (χ2n) is 8.26. The van der Waals surface area contributed by atoms with Crippen LogP contribution in [0.2, 0.25) is 0 Å². The van der Waals surface area contributed by atoms with Gasteiger partial charge in [-0.25, -0.2) is 9.50 Å². The third-order valence-corrected chi connectivity index (χ3v) is 6.75. The molecule has 2 aliphatic heterocycles. The first-order chi connectivity index (χ1) is 16.5. The van der Waals surface area contributed by atoms with Crippen molar-refractivity contribution in [3.8, 4) is 5.75 Å². The van der Waals surface area contributed by atoms with E-state index in [0.29, 0.717) is 48.7 Å². The van der Waals surface area contributed by atoms with E-state index in [0.717, 1.165) is 17.0 Å². The highest BCUT2D eigenvalue weighted by Gasteiger charge is 2.36. The standard InChI is InChI=1S/C23H26N6O4S/c1-14-16(15(2)29-22(24-14)25-23(26-29)34-3)12-20(30)28-13-19(21(31)27-8-10-32-11-9-27)33-18-7-5-4-6-17(18)28/h4-7,19H,8-13H2,1-3H3. The van der Waals surface area contributed by atoms with Crippen molar-refractivity contribution in [3.63, 3.8) is 0 Å². The molecule has 1 saturated heterocycles. The topological polar surface area (TPSA) is 102 Å². The van der Waals surface area contributed by atoms with E-state index in [1.54, 1.807) is 20.4 Å². The number of para-hydroxylation sites is 2. The summed E-state index contributed by atoms with van der Waals surface area (Å²) in [7, 11) is 0. The van der Waals surface area contributed by atoms with Crippen LogP contribution in [0.25, 0.3) is 5.78 Å². The van der Waals surface area contributed by atoms with Crippen molar-refractivity contribution in [1.29, 1.82) is 0 Å². The lowest BCUT2D eigenvalue weighted by Crippen LogP contribution is -2.54. The van der Waals surface area contributed by atoms with Gasteiger partial charge < -0.3 is 19.3 Å². The van der Waals surface area contributed by atoms with E-state index in [4.69, 9.17) is 9.47 Å². The normalized spacial score (nSPS) is 18.0. The number of aryl methyl sites for hydroxylation is 2. The summed E-state index contributed by atoms with van der Waals surface area (Å²) in [5, 5.41) is 5.11. The molecule has 10 nitrogen and oxygen atoms in total. The maximum Gasteiger partial charge on any atom is 0.265 e. The van der Waals surface area contributed by atoms with Crippen molar-refractivity contribution < 1.29 is 19.1 Å². The Bertz CT molecular complexity index is 1260. The molecule has 1 aromatic carbocycles. The van der Waals surface area contributed by atoms with Crippen molar-refractivity contribution in [2.75, 3.05) is 44.0 Å².